The number of amides is 2. The Kier molecular flexibility index (Phi) is 11.1. The average molecular weight is 679 g/mol. The van der Waals surface area contributed by atoms with E-state index in [-0.39, 0.29) is 30.9 Å². The number of unbranched alkanes of at least 4 members (excludes halogenated alkanes) is 2. The Hall–Kier alpha value is -4.84. The number of anilines is 1. The highest BCUT2D eigenvalue weighted by molar-refractivity contribution is 5.95. The van der Waals surface area contributed by atoms with E-state index >= 15 is 0 Å². The minimum atomic E-state index is -1.17. The molecule has 0 saturated heterocycles. The third-order valence-corrected chi connectivity index (χ3v) is 9.48. The third kappa shape index (κ3) is 7.50. The summed E-state index contributed by atoms with van der Waals surface area (Å²) >= 11 is 0. The molecule has 2 aromatic heterocycles. The summed E-state index contributed by atoms with van der Waals surface area (Å²) in [5.74, 6) is -0.409. The number of nitrogens with zero attached hydrogens (tertiary/aromatic N) is 5. The highest BCUT2D eigenvalue weighted by Gasteiger charge is 2.33. The van der Waals surface area contributed by atoms with Gasteiger partial charge in [-0.3, -0.25) is 14.5 Å². The van der Waals surface area contributed by atoms with Crippen LogP contribution in [-0.2, 0) is 24.2 Å². The van der Waals surface area contributed by atoms with Crippen LogP contribution in [0.15, 0.2) is 77.3 Å². The number of fused-ring (bicyclic) bond motifs is 2. The zero-order valence-corrected chi connectivity index (χ0v) is 29.0. The van der Waals surface area contributed by atoms with Crippen LogP contribution in [0.3, 0.4) is 0 Å². The highest BCUT2D eigenvalue weighted by Crippen LogP contribution is 2.34. The SMILES string of the molecule is CCCCN(CCCC)C(=O)c1cc(C)n(-c2ccc(NC(=O)Cc3noc4ccccc34)cc2C(O)N2Cc3ccccc3CC2CO)n1. The molecule has 0 bridgehead atoms. The Balaban J connectivity index is 1.34. The molecule has 2 atom stereocenters. The van der Waals surface area contributed by atoms with E-state index in [0.717, 1.165) is 47.9 Å². The van der Waals surface area contributed by atoms with Gasteiger partial charge in [-0.1, -0.05) is 68.2 Å². The van der Waals surface area contributed by atoms with Gasteiger partial charge in [0.05, 0.1) is 18.7 Å². The van der Waals surface area contributed by atoms with Crippen LogP contribution in [0.2, 0.25) is 0 Å². The molecule has 262 valence electrons. The molecule has 0 aliphatic carbocycles. The molecule has 50 heavy (non-hydrogen) atoms. The summed E-state index contributed by atoms with van der Waals surface area (Å²) in [5, 5.41) is 35.2. The number of aliphatic hydroxyl groups excluding tert-OH is 2. The van der Waals surface area contributed by atoms with E-state index in [0.29, 0.717) is 60.0 Å². The minimum Gasteiger partial charge on any atom is -0.395 e. The second-order valence-corrected chi connectivity index (χ2v) is 13.1. The molecule has 6 rings (SSSR count). The first-order valence-electron chi connectivity index (χ1n) is 17.6. The molecular formula is C39H46N6O5. The molecular weight excluding hydrogens is 632 g/mol. The van der Waals surface area contributed by atoms with Crippen LogP contribution < -0.4 is 5.32 Å². The maximum Gasteiger partial charge on any atom is 0.274 e. The number of aromatic nitrogens is 3. The van der Waals surface area contributed by atoms with E-state index in [1.165, 1.54) is 0 Å². The smallest absolute Gasteiger partial charge is 0.274 e. The second kappa shape index (κ2) is 15.8. The maximum atomic E-state index is 13.7. The van der Waals surface area contributed by atoms with E-state index in [9.17, 15) is 19.8 Å². The van der Waals surface area contributed by atoms with Crippen molar-refractivity contribution in [2.45, 2.75) is 78.1 Å². The van der Waals surface area contributed by atoms with Gasteiger partial charge in [0.15, 0.2) is 11.3 Å². The number of rotatable bonds is 14. The number of nitrogens with one attached hydrogen (secondary N) is 1. The Morgan fingerprint density at radius 2 is 1.72 bits per heavy atom. The number of benzene rings is 3. The van der Waals surface area contributed by atoms with E-state index in [1.54, 1.807) is 35.0 Å². The minimum absolute atomic E-state index is 0.00243. The maximum absolute atomic E-state index is 13.7. The van der Waals surface area contributed by atoms with Gasteiger partial charge >= 0.3 is 0 Å². The molecule has 0 saturated carbocycles. The summed E-state index contributed by atoms with van der Waals surface area (Å²) < 4.78 is 7.07. The predicted octanol–water partition coefficient (Wildman–Crippen LogP) is 5.96. The van der Waals surface area contributed by atoms with Crippen molar-refractivity contribution in [1.29, 1.82) is 0 Å². The molecule has 3 heterocycles. The van der Waals surface area contributed by atoms with Gasteiger partial charge in [0.1, 0.15) is 11.9 Å². The van der Waals surface area contributed by atoms with Gasteiger partial charge in [0.25, 0.3) is 5.91 Å². The summed E-state index contributed by atoms with van der Waals surface area (Å²) in [4.78, 5) is 30.7. The van der Waals surface area contributed by atoms with Crippen molar-refractivity contribution in [3.63, 3.8) is 0 Å². The number of hydrogen-bond acceptors (Lipinski definition) is 8. The topological polar surface area (TPSA) is 137 Å². The van der Waals surface area contributed by atoms with Gasteiger partial charge in [0, 0.05) is 48.0 Å². The van der Waals surface area contributed by atoms with Crippen molar-refractivity contribution >= 4 is 28.5 Å². The molecule has 1 aliphatic heterocycles. The lowest BCUT2D eigenvalue weighted by Gasteiger charge is -2.39. The molecule has 1 aliphatic rings. The zero-order chi connectivity index (χ0) is 35.2. The fourth-order valence-electron chi connectivity index (χ4n) is 6.69. The van der Waals surface area contributed by atoms with Crippen molar-refractivity contribution in [3.8, 4) is 5.69 Å². The molecule has 11 heteroatoms. The number of carbonyl (C=O) groups excluding carboxylic acids is 2. The number of hydrogen-bond donors (Lipinski definition) is 3. The fraction of sp³-hybridized carbons (Fsp3) is 0.385. The molecule has 0 radical (unpaired) electrons. The van der Waals surface area contributed by atoms with Crippen LogP contribution in [0.1, 0.15) is 84.3 Å². The summed E-state index contributed by atoms with van der Waals surface area (Å²) in [5.41, 5.74) is 5.94. The lowest BCUT2D eigenvalue weighted by molar-refractivity contribution is -0.115. The lowest BCUT2D eigenvalue weighted by atomic mass is 9.93. The average Bonchev–Trinajstić information content (AvgIpc) is 3.73. The molecule has 5 aromatic rings. The molecule has 0 spiro atoms. The van der Waals surface area contributed by atoms with Crippen molar-refractivity contribution in [2.75, 3.05) is 25.0 Å². The molecule has 11 nitrogen and oxygen atoms in total. The van der Waals surface area contributed by atoms with Crippen LogP contribution in [0, 0.1) is 6.92 Å². The van der Waals surface area contributed by atoms with E-state index in [1.807, 2.05) is 53.1 Å². The molecule has 2 unspecified atom stereocenters. The van der Waals surface area contributed by atoms with E-state index in [2.05, 4.69) is 30.4 Å². The quantitative estimate of drug-likeness (QED) is 0.131. The highest BCUT2D eigenvalue weighted by atomic mass is 16.5. The summed E-state index contributed by atoms with van der Waals surface area (Å²) in [6, 6.07) is 22.2. The Bertz CT molecular complexity index is 1940. The van der Waals surface area contributed by atoms with Crippen molar-refractivity contribution < 1.29 is 24.3 Å². The molecule has 2 amide bonds. The number of carbonyl (C=O) groups is 2. The monoisotopic (exact) mass is 678 g/mol. The Morgan fingerprint density at radius 1 is 1.00 bits per heavy atom. The Labute approximate surface area is 292 Å². The first-order valence-corrected chi connectivity index (χ1v) is 17.6. The summed E-state index contributed by atoms with van der Waals surface area (Å²) in [6.45, 7) is 7.72. The fourth-order valence-corrected chi connectivity index (χ4v) is 6.69. The van der Waals surface area contributed by atoms with Crippen LogP contribution in [-0.4, -0.2) is 72.5 Å². The number of aryl methyl sites for hydroxylation is 1. The first kappa shape index (κ1) is 35.0. The van der Waals surface area contributed by atoms with Gasteiger partial charge in [0.2, 0.25) is 5.91 Å². The normalized spacial score (nSPS) is 15.2. The molecule has 3 aromatic carbocycles. The van der Waals surface area contributed by atoms with E-state index in [4.69, 9.17) is 9.62 Å². The van der Waals surface area contributed by atoms with Crippen LogP contribution >= 0.6 is 0 Å². The Morgan fingerprint density at radius 3 is 2.46 bits per heavy atom. The van der Waals surface area contributed by atoms with Crippen LogP contribution in [0.4, 0.5) is 5.69 Å². The zero-order valence-electron chi connectivity index (χ0n) is 29.0. The van der Waals surface area contributed by atoms with E-state index < -0.39 is 6.23 Å². The predicted molar refractivity (Wildman–Crippen MR) is 192 cm³/mol. The van der Waals surface area contributed by atoms with Gasteiger partial charge < -0.3 is 25.0 Å². The standard InChI is InChI=1S/C39H46N6O5/c1-4-6-18-43(19-7-5-2)39(49)34-20-26(3)45(41-34)35-17-16-29(40-37(47)23-33-31-14-10-11-15-36(31)50-42-33)22-32(35)38(48)44-24-28-13-9-8-12-27(28)21-30(44)25-46/h8-17,20,22,30,38,46,48H,4-7,18-19,21,23-25H2,1-3H3,(H,40,47). The summed E-state index contributed by atoms with van der Waals surface area (Å²) in [6.07, 6.45) is 3.21. The van der Waals surface area contributed by atoms with Gasteiger partial charge in [-0.05, 0) is 73.7 Å². The largest absolute Gasteiger partial charge is 0.395 e. The van der Waals surface area contributed by atoms with Crippen LogP contribution in [0.5, 0.6) is 0 Å². The lowest BCUT2D eigenvalue weighted by Crippen LogP contribution is -2.45. The molecule has 3 N–H and O–H groups in total. The number of aliphatic hydroxyl groups is 2. The third-order valence-electron chi connectivity index (χ3n) is 9.48. The summed E-state index contributed by atoms with van der Waals surface area (Å²) in [7, 11) is 0. The van der Waals surface area contributed by atoms with Gasteiger partial charge in [-0.15, -0.1) is 0 Å². The van der Waals surface area contributed by atoms with Crippen molar-refractivity contribution in [2.24, 2.45) is 0 Å². The first-order chi connectivity index (χ1) is 24.3. The second-order valence-electron chi connectivity index (χ2n) is 13.1. The molecule has 0 fully saturated rings. The van der Waals surface area contributed by atoms with Gasteiger partial charge in [-0.25, -0.2) is 4.68 Å². The number of para-hydroxylation sites is 1. The van der Waals surface area contributed by atoms with Crippen molar-refractivity contribution in [1.82, 2.24) is 24.7 Å². The van der Waals surface area contributed by atoms with Gasteiger partial charge in [-0.2, -0.15) is 5.10 Å². The van der Waals surface area contributed by atoms with Crippen molar-refractivity contribution in [3.05, 3.63) is 107 Å². The van der Waals surface area contributed by atoms with Crippen LogP contribution in [0.25, 0.3) is 16.7 Å².